The molecule has 0 aliphatic carbocycles. The average Bonchev–Trinajstić information content (AvgIpc) is 4.12. The summed E-state index contributed by atoms with van der Waals surface area (Å²) in [5.74, 6) is 1.55. The number of furan rings is 1. The molecule has 62 heavy (non-hydrogen) atoms. The largest absolute Gasteiger partial charge is 0.456 e. The lowest BCUT2D eigenvalue weighted by atomic mass is 10.0. The van der Waals surface area contributed by atoms with Gasteiger partial charge in [-0.1, -0.05) is 164 Å². The number of para-hydroxylation sites is 6. The van der Waals surface area contributed by atoms with E-state index in [0.717, 1.165) is 100 Å². The molecule has 4 heterocycles. The first-order valence-electron chi connectivity index (χ1n) is 20.9. The van der Waals surface area contributed by atoms with E-state index in [-0.39, 0.29) is 0 Å². The summed E-state index contributed by atoms with van der Waals surface area (Å²) < 4.78 is 13.5. The highest BCUT2D eigenvalue weighted by Gasteiger charge is 2.25. The molecule has 0 saturated carbocycles. The summed E-state index contributed by atoms with van der Waals surface area (Å²) in [6.45, 7) is 0. The third kappa shape index (κ3) is 4.98. The Bertz CT molecular complexity index is 3810. The van der Waals surface area contributed by atoms with Crippen molar-refractivity contribution in [2.75, 3.05) is 0 Å². The highest BCUT2D eigenvalue weighted by Crippen LogP contribution is 2.45. The van der Waals surface area contributed by atoms with Gasteiger partial charge in [0.25, 0.3) is 0 Å². The first kappa shape index (κ1) is 34.4. The maximum atomic E-state index is 6.42. The molecule has 4 aromatic heterocycles. The molecule has 0 unspecified atom stereocenters. The molecule has 13 aromatic rings. The van der Waals surface area contributed by atoms with Crippen LogP contribution in [0.3, 0.4) is 0 Å². The minimum Gasteiger partial charge on any atom is -0.456 e. The van der Waals surface area contributed by atoms with E-state index < -0.39 is 0 Å². The van der Waals surface area contributed by atoms with Gasteiger partial charge in [0.15, 0.2) is 11.6 Å². The Morgan fingerprint density at radius 1 is 0.306 bits per heavy atom. The number of nitrogens with zero attached hydrogens (tertiary/aromatic N) is 5. The number of hydrogen-bond donors (Lipinski definition) is 0. The number of benzene rings is 9. The van der Waals surface area contributed by atoms with Gasteiger partial charge >= 0.3 is 0 Å². The fourth-order valence-corrected chi connectivity index (χ4v) is 9.82. The molecule has 0 N–H and O–H groups in total. The van der Waals surface area contributed by atoms with E-state index in [0.29, 0.717) is 0 Å². The number of aromatic nitrogens is 5. The van der Waals surface area contributed by atoms with Gasteiger partial charge in [0, 0.05) is 54.6 Å². The van der Waals surface area contributed by atoms with Crippen LogP contribution in [0.5, 0.6) is 0 Å². The Labute approximate surface area is 355 Å². The van der Waals surface area contributed by atoms with E-state index in [4.69, 9.17) is 14.6 Å². The molecule has 0 aliphatic heterocycles. The van der Waals surface area contributed by atoms with Crippen LogP contribution in [0.2, 0.25) is 0 Å². The molecular weight excluding hydrogens is 759 g/mol. The Balaban J connectivity index is 1.11. The lowest BCUT2D eigenvalue weighted by Gasteiger charge is -2.20. The predicted octanol–water partition coefficient (Wildman–Crippen LogP) is 14.4. The summed E-state index contributed by atoms with van der Waals surface area (Å²) in [4.78, 5) is 0. The topological polar surface area (TPSA) is 53.7 Å². The highest BCUT2D eigenvalue weighted by molar-refractivity contribution is 6.27. The van der Waals surface area contributed by atoms with Gasteiger partial charge in [0.1, 0.15) is 11.2 Å². The molecule has 6 heteroatoms. The molecule has 0 saturated heterocycles. The summed E-state index contributed by atoms with van der Waals surface area (Å²) in [5.41, 5.74) is 13.6. The minimum atomic E-state index is 0.776. The third-order valence-electron chi connectivity index (χ3n) is 12.4. The molecule has 0 atom stereocenters. The van der Waals surface area contributed by atoms with Crippen LogP contribution in [0.4, 0.5) is 0 Å². The van der Waals surface area contributed by atoms with Crippen molar-refractivity contribution >= 4 is 65.6 Å². The van der Waals surface area contributed by atoms with Crippen molar-refractivity contribution in [1.29, 1.82) is 0 Å². The van der Waals surface area contributed by atoms with Crippen LogP contribution < -0.4 is 0 Å². The zero-order chi connectivity index (χ0) is 40.7. The predicted molar refractivity (Wildman–Crippen MR) is 254 cm³/mol. The van der Waals surface area contributed by atoms with Gasteiger partial charge in [-0.2, -0.15) is 0 Å². The van der Waals surface area contributed by atoms with Gasteiger partial charge in [-0.3, -0.25) is 4.57 Å². The Kier molecular flexibility index (Phi) is 7.50. The summed E-state index contributed by atoms with van der Waals surface area (Å²) >= 11 is 0. The molecule has 0 aliphatic rings. The minimum absolute atomic E-state index is 0.776. The monoisotopic (exact) mass is 793 g/mol. The van der Waals surface area contributed by atoms with E-state index in [1.165, 1.54) is 16.2 Å². The Morgan fingerprint density at radius 3 is 1.52 bits per heavy atom. The van der Waals surface area contributed by atoms with Crippen LogP contribution in [0, 0.1) is 0 Å². The van der Waals surface area contributed by atoms with Crippen LogP contribution >= 0.6 is 0 Å². The van der Waals surface area contributed by atoms with Gasteiger partial charge in [-0.15, -0.1) is 10.2 Å². The quantitative estimate of drug-likeness (QED) is 0.168. The van der Waals surface area contributed by atoms with Crippen molar-refractivity contribution in [3.8, 4) is 51.0 Å². The van der Waals surface area contributed by atoms with Crippen molar-refractivity contribution in [3.63, 3.8) is 0 Å². The van der Waals surface area contributed by atoms with Crippen molar-refractivity contribution in [2.24, 2.45) is 0 Å². The molecule has 13 rings (SSSR count). The Hall–Kier alpha value is -8.48. The normalized spacial score (nSPS) is 11.9. The number of hydrogen-bond acceptors (Lipinski definition) is 3. The van der Waals surface area contributed by atoms with E-state index in [2.05, 4.69) is 208 Å². The van der Waals surface area contributed by atoms with Crippen molar-refractivity contribution in [1.82, 2.24) is 23.9 Å². The lowest BCUT2D eigenvalue weighted by molar-refractivity contribution is 0.669. The molecule has 6 nitrogen and oxygen atoms in total. The van der Waals surface area contributed by atoms with Crippen LogP contribution in [0.1, 0.15) is 0 Å². The number of fused-ring (bicyclic) bond motifs is 10. The second-order valence-corrected chi connectivity index (χ2v) is 15.8. The molecule has 0 bridgehead atoms. The Morgan fingerprint density at radius 2 is 0.823 bits per heavy atom. The van der Waals surface area contributed by atoms with Gasteiger partial charge < -0.3 is 13.6 Å². The second kappa shape index (κ2) is 13.5. The standard InChI is InChI=1S/C56H35N5O/c1-3-18-36(19-4-1)55-57-58-56(37-20-5-2-6-21-37)61(55)49-32-17-27-41-40-24-9-14-30-46(40)60(54(41)49)45-29-13-8-23-39(45)38-22-7-12-28-44(38)59-47-31-15-10-25-42(47)52-48(59)34-35-51-53(52)43-26-11-16-33-50(43)62-51/h1-35H. The van der Waals surface area contributed by atoms with Crippen LogP contribution in [0.25, 0.3) is 117 Å². The highest BCUT2D eigenvalue weighted by atomic mass is 16.3. The zero-order valence-electron chi connectivity index (χ0n) is 33.4. The maximum absolute atomic E-state index is 6.42. The molecule has 9 aromatic carbocycles. The van der Waals surface area contributed by atoms with E-state index in [9.17, 15) is 0 Å². The van der Waals surface area contributed by atoms with Crippen LogP contribution in [0.15, 0.2) is 217 Å². The van der Waals surface area contributed by atoms with Gasteiger partial charge in [-0.25, -0.2) is 0 Å². The second-order valence-electron chi connectivity index (χ2n) is 15.8. The lowest BCUT2D eigenvalue weighted by Crippen LogP contribution is -2.05. The van der Waals surface area contributed by atoms with E-state index in [1.54, 1.807) is 0 Å². The van der Waals surface area contributed by atoms with Crippen molar-refractivity contribution < 1.29 is 4.42 Å². The SMILES string of the molecule is c1ccc(-c2nnc(-c3ccccc3)n2-c2cccc3c4ccccc4n(-c4ccccc4-c4ccccc4-n4c5ccccc5c5c6c(ccc54)oc4ccccc46)c23)cc1. The van der Waals surface area contributed by atoms with E-state index >= 15 is 0 Å². The van der Waals surface area contributed by atoms with Crippen LogP contribution in [-0.2, 0) is 0 Å². The average molecular weight is 794 g/mol. The summed E-state index contributed by atoms with van der Waals surface area (Å²) in [6.07, 6.45) is 0. The van der Waals surface area contributed by atoms with Gasteiger partial charge in [0.05, 0.1) is 39.1 Å². The van der Waals surface area contributed by atoms with Gasteiger partial charge in [0.2, 0.25) is 0 Å². The third-order valence-corrected chi connectivity index (χ3v) is 12.4. The van der Waals surface area contributed by atoms with Crippen molar-refractivity contribution in [2.45, 2.75) is 0 Å². The summed E-state index contributed by atoms with van der Waals surface area (Å²) in [5, 5.41) is 16.7. The molecule has 0 fully saturated rings. The zero-order valence-corrected chi connectivity index (χ0v) is 33.4. The van der Waals surface area contributed by atoms with Crippen LogP contribution in [-0.4, -0.2) is 23.9 Å². The maximum Gasteiger partial charge on any atom is 0.168 e. The molecule has 290 valence electrons. The molecule has 0 amide bonds. The number of rotatable bonds is 6. The first-order valence-corrected chi connectivity index (χ1v) is 20.9. The van der Waals surface area contributed by atoms with E-state index in [1.807, 2.05) is 18.2 Å². The first-order chi connectivity index (χ1) is 30.8. The molecule has 0 radical (unpaired) electrons. The summed E-state index contributed by atoms with van der Waals surface area (Å²) in [7, 11) is 0. The summed E-state index contributed by atoms with van der Waals surface area (Å²) in [6, 6.07) is 75.1. The fraction of sp³-hybridized carbons (Fsp3) is 0. The fourth-order valence-electron chi connectivity index (χ4n) is 9.82. The molecular formula is C56H35N5O. The molecule has 0 spiro atoms. The van der Waals surface area contributed by atoms with Gasteiger partial charge in [-0.05, 0) is 48.5 Å². The van der Waals surface area contributed by atoms with Crippen molar-refractivity contribution in [3.05, 3.63) is 212 Å². The smallest absolute Gasteiger partial charge is 0.168 e.